The molecule has 3 aliphatic heterocycles. The molecule has 16 heteroatoms. The molecule has 1 aliphatic carbocycles. The van der Waals surface area contributed by atoms with Gasteiger partial charge in [0.05, 0.1) is 18.3 Å². The number of piperidine rings is 1. The summed E-state index contributed by atoms with van der Waals surface area (Å²) in [6.07, 6.45) is 10.9. The molecule has 0 radical (unpaired) electrons. The van der Waals surface area contributed by atoms with Crippen LogP contribution in [0.3, 0.4) is 0 Å². The van der Waals surface area contributed by atoms with Crippen LogP contribution in [0.1, 0.15) is 139 Å². The molecule has 0 aromatic rings. The third-order valence-corrected chi connectivity index (χ3v) is 15.5. The van der Waals surface area contributed by atoms with Crippen molar-refractivity contribution < 1.29 is 67.4 Å². The summed E-state index contributed by atoms with van der Waals surface area (Å²) in [6.45, 7) is 16.1. The number of amides is 1. The summed E-state index contributed by atoms with van der Waals surface area (Å²) in [5, 5.41) is 23.5. The summed E-state index contributed by atoms with van der Waals surface area (Å²) in [4.78, 5) is 85.2. The molecule has 2 saturated heterocycles. The number of Topliss-reactive ketones (excluding diaryl/α,β-unsaturated/α-hetero) is 3. The monoisotopic (exact) mass is 1060 g/mol. The van der Waals surface area contributed by atoms with Gasteiger partial charge >= 0.3 is 11.9 Å². The lowest BCUT2D eigenvalue weighted by molar-refractivity contribution is -0.265. The van der Waals surface area contributed by atoms with Crippen molar-refractivity contribution in [3.05, 3.63) is 47.6 Å². The summed E-state index contributed by atoms with van der Waals surface area (Å²) in [5.74, 6) is -8.64. The number of hydrogen-bond acceptors (Lipinski definition) is 14. The van der Waals surface area contributed by atoms with Crippen molar-refractivity contribution >= 4 is 51.1 Å². The molecule has 15 atom stereocenters. The molecule has 2 bridgehead atoms. The highest BCUT2D eigenvalue weighted by molar-refractivity contribution is 9.10. The van der Waals surface area contributed by atoms with E-state index in [1.807, 2.05) is 58.1 Å². The van der Waals surface area contributed by atoms with Gasteiger partial charge in [-0.3, -0.25) is 24.0 Å². The van der Waals surface area contributed by atoms with Crippen LogP contribution in [0.2, 0.25) is 0 Å². The number of aliphatic hydroxyl groups is 2. The molecule has 0 aromatic carbocycles. The topological polar surface area (TPSA) is 201 Å². The summed E-state index contributed by atoms with van der Waals surface area (Å²) in [7, 11) is 4.52. The second kappa shape index (κ2) is 27.2. The normalized spacial score (nSPS) is 38.2. The maximum absolute atomic E-state index is 14.5. The number of carbonyl (C=O) groups excluding carboxylic acids is 6. The van der Waals surface area contributed by atoms with Crippen LogP contribution in [0.5, 0.6) is 0 Å². The van der Waals surface area contributed by atoms with E-state index in [0.29, 0.717) is 69.8 Å². The lowest BCUT2D eigenvalue weighted by atomic mass is 9.78. The van der Waals surface area contributed by atoms with Gasteiger partial charge < -0.3 is 43.5 Å². The molecule has 4 aliphatic rings. The number of nitrogens with zero attached hydrogens (tertiary/aromatic N) is 1. The highest BCUT2D eigenvalue weighted by Crippen LogP contribution is 2.38. The zero-order chi connectivity index (χ0) is 53.0. The molecule has 15 nitrogen and oxygen atoms in total. The van der Waals surface area contributed by atoms with Crippen LogP contribution in [-0.2, 0) is 57.2 Å². The maximum Gasteiger partial charge on any atom is 0.329 e. The van der Waals surface area contributed by atoms with Gasteiger partial charge in [-0.25, -0.2) is 4.79 Å². The fraction of sp³-hybridized carbons (Fsp3) is 0.745. The maximum atomic E-state index is 14.5. The Kier molecular flexibility index (Phi) is 23.1. The first-order chi connectivity index (χ1) is 33.4. The van der Waals surface area contributed by atoms with E-state index in [1.54, 1.807) is 54.9 Å². The number of fused-ring (bicyclic) bond motifs is 3. The van der Waals surface area contributed by atoms with Gasteiger partial charge in [0.2, 0.25) is 5.79 Å². The van der Waals surface area contributed by atoms with Crippen molar-refractivity contribution in [1.82, 2.24) is 4.90 Å². The zero-order valence-electron chi connectivity index (χ0n) is 44.4. The van der Waals surface area contributed by atoms with Crippen LogP contribution < -0.4 is 0 Å². The SMILES string of the molecule is COC1C(=O)[C@H](C)CC(C)/C=C/C=C/C=C(\C)[C@@H](OC)C[C@@H]2CC[C@@H](C)[C@@](O)(O2)C(=O)C(=O)N2CCCCC2C(=O)O[C@H]([C@@H](C)C[C@@H]2CC[C@@H](OC(=O)C(C)(C)Br)[C@H](OC)C2)CC(=O)C(C)/C=C(\C)[C@H]1O. The van der Waals surface area contributed by atoms with Crippen LogP contribution in [0.25, 0.3) is 0 Å². The van der Waals surface area contributed by atoms with Gasteiger partial charge in [-0.2, -0.15) is 0 Å². The molecular weight excluding hydrogens is 979 g/mol. The van der Waals surface area contributed by atoms with Crippen molar-refractivity contribution in [3.63, 3.8) is 0 Å². The Bertz CT molecular complexity index is 1970. The van der Waals surface area contributed by atoms with Gasteiger partial charge in [-0.05, 0) is 121 Å². The number of methoxy groups -OCH3 is 3. The second-order valence-corrected chi connectivity index (χ2v) is 23.4. The Balaban J connectivity index is 1.70. The third kappa shape index (κ3) is 16.3. The molecule has 0 spiro atoms. The molecule has 1 saturated carbocycles. The van der Waals surface area contributed by atoms with Crippen LogP contribution in [0.4, 0.5) is 0 Å². The van der Waals surface area contributed by atoms with E-state index >= 15 is 0 Å². The Morgan fingerprint density at radius 2 is 1.59 bits per heavy atom. The molecule has 4 unspecified atom stereocenters. The fourth-order valence-electron chi connectivity index (χ4n) is 10.5. The lowest BCUT2D eigenvalue weighted by Crippen LogP contribution is -2.61. The van der Waals surface area contributed by atoms with Crippen molar-refractivity contribution in [3.8, 4) is 0 Å². The molecule has 3 fully saturated rings. The van der Waals surface area contributed by atoms with E-state index < -0.39 is 94.2 Å². The van der Waals surface area contributed by atoms with E-state index in [0.717, 1.165) is 5.57 Å². The van der Waals surface area contributed by atoms with E-state index in [1.165, 1.54) is 12.0 Å². The predicted molar refractivity (Wildman–Crippen MR) is 272 cm³/mol. The highest BCUT2D eigenvalue weighted by Gasteiger charge is 2.53. The van der Waals surface area contributed by atoms with Gasteiger partial charge in [0, 0.05) is 58.5 Å². The highest BCUT2D eigenvalue weighted by atomic mass is 79.9. The quantitative estimate of drug-likeness (QED) is 0.103. The second-order valence-electron chi connectivity index (χ2n) is 21.4. The van der Waals surface area contributed by atoms with Crippen LogP contribution in [0, 0.1) is 35.5 Å². The minimum Gasteiger partial charge on any atom is -0.460 e. The number of alkyl halides is 1. The van der Waals surface area contributed by atoms with E-state index in [-0.39, 0.29) is 54.8 Å². The van der Waals surface area contributed by atoms with Gasteiger partial charge in [-0.1, -0.05) is 87.0 Å². The summed E-state index contributed by atoms with van der Waals surface area (Å²) >= 11 is 3.38. The Morgan fingerprint density at radius 1 is 0.887 bits per heavy atom. The fourth-order valence-corrected chi connectivity index (χ4v) is 10.6. The molecule has 1 amide bonds. The zero-order valence-corrected chi connectivity index (χ0v) is 45.9. The number of hydrogen-bond donors (Lipinski definition) is 2. The number of allylic oxidation sites excluding steroid dienone is 6. The number of carbonyl (C=O) groups is 6. The number of rotatable bonds is 8. The lowest BCUT2D eigenvalue weighted by Gasteiger charge is -2.42. The minimum absolute atomic E-state index is 0.00706. The molecular formula is C55H84BrNO14. The Labute approximate surface area is 431 Å². The number of halogens is 1. The molecule has 3 heterocycles. The Hall–Kier alpha value is -3.38. The predicted octanol–water partition coefficient (Wildman–Crippen LogP) is 7.91. The molecule has 0 aromatic heterocycles. The standard InChI is InChI=1S/C55H84BrNO14/c1-32-18-14-13-15-19-33(2)44(66-10)30-40-23-21-38(7)55(65,71-40)50(61)51(62)57-25-17-16-20-41(57)52(63)69-45(31-42(58)34(3)27-37(6)48(60)49(68-12)47(59)36(5)26-32)35(4)28-39-22-24-43(46(29-39)67-11)70-53(64)54(8,9)56/h13-15,18-19,27,32,34-36,38-41,43-46,48-49,60,65H,16-17,20-26,28-31H2,1-12H3/b15-13+,18-14+,33-19+,37-27+/t32?,34?,35-,36+,38+,39-,40-,41?,43+,44-,45-,46+,48+,49?,55+/m0/s1. The number of esters is 2. The summed E-state index contributed by atoms with van der Waals surface area (Å²) in [6, 6.07) is -1.17. The van der Waals surface area contributed by atoms with Gasteiger partial charge in [0.25, 0.3) is 11.7 Å². The molecule has 71 heavy (non-hydrogen) atoms. The number of cyclic esters (lactones) is 1. The average molecular weight is 1060 g/mol. The van der Waals surface area contributed by atoms with E-state index in [9.17, 15) is 39.0 Å². The van der Waals surface area contributed by atoms with Crippen LogP contribution >= 0.6 is 15.9 Å². The average Bonchev–Trinajstić information content (AvgIpc) is 3.33. The first kappa shape index (κ1) is 60.2. The Morgan fingerprint density at radius 3 is 2.24 bits per heavy atom. The van der Waals surface area contributed by atoms with Crippen molar-refractivity contribution in [1.29, 1.82) is 0 Å². The van der Waals surface area contributed by atoms with Crippen molar-refractivity contribution in [2.75, 3.05) is 27.9 Å². The number of ketones is 3. The van der Waals surface area contributed by atoms with Crippen LogP contribution in [0.15, 0.2) is 47.6 Å². The molecule has 4 rings (SSSR count). The third-order valence-electron chi connectivity index (χ3n) is 15.2. The van der Waals surface area contributed by atoms with Gasteiger partial charge in [0.1, 0.15) is 40.6 Å². The molecule has 400 valence electrons. The minimum atomic E-state index is -2.45. The number of ether oxygens (including phenoxy) is 6. The smallest absolute Gasteiger partial charge is 0.329 e. The van der Waals surface area contributed by atoms with Crippen molar-refractivity contribution in [2.45, 2.75) is 198 Å². The first-order valence-electron chi connectivity index (χ1n) is 25.7. The molecule has 2 N–H and O–H groups in total. The van der Waals surface area contributed by atoms with Crippen molar-refractivity contribution in [2.24, 2.45) is 35.5 Å². The first-order valence-corrected chi connectivity index (χ1v) is 26.5. The summed E-state index contributed by atoms with van der Waals surface area (Å²) in [5.41, 5.74) is 1.25. The largest absolute Gasteiger partial charge is 0.460 e. The van der Waals surface area contributed by atoms with E-state index in [2.05, 4.69) is 15.9 Å². The van der Waals surface area contributed by atoms with Gasteiger partial charge in [-0.15, -0.1) is 0 Å². The van der Waals surface area contributed by atoms with Gasteiger partial charge in [0.15, 0.2) is 5.78 Å². The summed E-state index contributed by atoms with van der Waals surface area (Å²) < 4.78 is 34.7. The van der Waals surface area contributed by atoms with Crippen LogP contribution in [-0.4, -0.2) is 137 Å². The number of aliphatic hydroxyl groups excluding tert-OH is 1. The van der Waals surface area contributed by atoms with E-state index in [4.69, 9.17) is 28.4 Å².